The number of carbonyl (C=O) groups excluding carboxylic acids is 1. The number of hydrogen-bond acceptors (Lipinski definition) is 2. The third kappa shape index (κ3) is 3.14. The number of hydrogen-bond donors (Lipinski definition) is 2. The summed E-state index contributed by atoms with van der Waals surface area (Å²) in [6.45, 7) is 1.81. The predicted molar refractivity (Wildman–Crippen MR) is 84.0 cm³/mol. The lowest BCUT2D eigenvalue weighted by atomic mass is 9.96. The van der Waals surface area contributed by atoms with Crippen LogP contribution in [0, 0.1) is 0 Å². The molecule has 0 atom stereocenters. The summed E-state index contributed by atoms with van der Waals surface area (Å²) in [5, 5.41) is 3.54. The van der Waals surface area contributed by atoms with Crippen LogP contribution in [0.2, 0.25) is 0 Å². The van der Waals surface area contributed by atoms with Crippen molar-refractivity contribution in [2.75, 3.05) is 6.54 Å². The molecule has 3 heteroatoms. The molecule has 0 unspecified atom stereocenters. The fraction of sp³-hybridized carbons (Fsp3) is 0.278. The molecule has 0 saturated heterocycles. The third-order valence-corrected chi connectivity index (χ3v) is 4.27. The molecule has 2 aromatic carbocycles. The molecule has 1 saturated carbocycles. The highest BCUT2D eigenvalue weighted by atomic mass is 16.1. The molecule has 3 nitrogen and oxygen atoms in total. The molecule has 0 heterocycles. The van der Waals surface area contributed by atoms with Crippen LogP contribution in [0.15, 0.2) is 54.6 Å². The first-order chi connectivity index (χ1) is 10.2. The lowest BCUT2D eigenvalue weighted by Crippen LogP contribution is -2.26. The quantitative estimate of drug-likeness (QED) is 0.854. The zero-order valence-corrected chi connectivity index (χ0v) is 12.0. The first-order valence-corrected chi connectivity index (χ1v) is 7.35. The minimum atomic E-state index is -0.379. The Balaban J connectivity index is 1.56. The second-order valence-corrected chi connectivity index (χ2v) is 5.81. The molecule has 2 aromatic rings. The summed E-state index contributed by atoms with van der Waals surface area (Å²) in [7, 11) is 0. The highest BCUT2D eigenvalue weighted by Crippen LogP contribution is 2.47. The van der Waals surface area contributed by atoms with E-state index < -0.39 is 0 Å². The van der Waals surface area contributed by atoms with Crippen LogP contribution in [-0.2, 0) is 12.0 Å². The van der Waals surface area contributed by atoms with Gasteiger partial charge in [-0.25, -0.2) is 0 Å². The van der Waals surface area contributed by atoms with E-state index in [2.05, 4.69) is 35.6 Å². The summed E-state index contributed by atoms with van der Waals surface area (Å²) < 4.78 is 0. The van der Waals surface area contributed by atoms with Crippen molar-refractivity contribution in [3.63, 3.8) is 0 Å². The van der Waals surface area contributed by atoms with Crippen LogP contribution in [0.4, 0.5) is 0 Å². The maximum atomic E-state index is 11.0. The second kappa shape index (κ2) is 5.70. The average Bonchev–Trinajstić information content (AvgIpc) is 3.30. The van der Waals surface area contributed by atoms with Gasteiger partial charge < -0.3 is 11.1 Å². The number of carbonyl (C=O) groups is 1. The van der Waals surface area contributed by atoms with Crippen molar-refractivity contribution in [2.24, 2.45) is 5.73 Å². The minimum absolute atomic E-state index is 0.328. The number of rotatable bonds is 6. The van der Waals surface area contributed by atoms with Gasteiger partial charge >= 0.3 is 0 Å². The van der Waals surface area contributed by atoms with E-state index in [9.17, 15) is 4.79 Å². The molecule has 0 radical (unpaired) electrons. The van der Waals surface area contributed by atoms with Gasteiger partial charge in [0.15, 0.2) is 0 Å². The predicted octanol–water partition coefficient (Wildman–Crippen LogP) is 2.61. The van der Waals surface area contributed by atoms with Gasteiger partial charge in [0.05, 0.1) is 0 Å². The van der Waals surface area contributed by atoms with Crippen LogP contribution >= 0.6 is 0 Å². The van der Waals surface area contributed by atoms with Gasteiger partial charge in [-0.3, -0.25) is 4.79 Å². The molecule has 1 amide bonds. The monoisotopic (exact) mass is 280 g/mol. The van der Waals surface area contributed by atoms with E-state index in [1.54, 1.807) is 12.1 Å². The van der Waals surface area contributed by atoms with Crippen molar-refractivity contribution in [1.82, 2.24) is 5.32 Å². The van der Waals surface area contributed by atoms with Crippen LogP contribution < -0.4 is 11.1 Å². The van der Waals surface area contributed by atoms with Crippen LogP contribution in [0.3, 0.4) is 0 Å². The maximum Gasteiger partial charge on any atom is 0.248 e. The van der Waals surface area contributed by atoms with Crippen molar-refractivity contribution < 1.29 is 4.79 Å². The Morgan fingerprint density at radius 2 is 1.71 bits per heavy atom. The summed E-state index contributed by atoms with van der Waals surface area (Å²) in [5.41, 5.74) is 8.73. The Labute approximate surface area is 125 Å². The van der Waals surface area contributed by atoms with E-state index in [4.69, 9.17) is 5.73 Å². The highest BCUT2D eigenvalue weighted by molar-refractivity contribution is 5.92. The van der Waals surface area contributed by atoms with Gasteiger partial charge in [-0.05, 0) is 36.1 Å². The van der Waals surface area contributed by atoms with Gasteiger partial charge in [0.1, 0.15) is 0 Å². The van der Waals surface area contributed by atoms with E-state index in [0.29, 0.717) is 11.0 Å². The molecule has 1 aliphatic carbocycles. The smallest absolute Gasteiger partial charge is 0.248 e. The molecule has 1 aliphatic rings. The number of amides is 1. The molecule has 3 N–H and O–H groups in total. The average molecular weight is 280 g/mol. The van der Waals surface area contributed by atoms with Crippen LogP contribution in [-0.4, -0.2) is 12.5 Å². The summed E-state index contributed by atoms with van der Waals surface area (Å²) in [6, 6.07) is 18.2. The zero-order valence-electron chi connectivity index (χ0n) is 12.0. The second-order valence-electron chi connectivity index (χ2n) is 5.81. The first-order valence-electron chi connectivity index (χ1n) is 7.35. The number of primary amides is 1. The minimum Gasteiger partial charge on any atom is -0.366 e. The summed E-state index contributed by atoms with van der Waals surface area (Å²) >= 11 is 0. The molecule has 108 valence electrons. The van der Waals surface area contributed by atoms with E-state index in [0.717, 1.165) is 13.1 Å². The highest BCUT2D eigenvalue weighted by Gasteiger charge is 2.43. The molecule has 21 heavy (non-hydrogen) atoms. The largest absolute Gasteiger partial charge is 0.366 e. The van der Waals surface area contributed by atoms with Crippen molar-refractivity contribution in [2.45, 2.75) is 24.8 Å². The van der Waals surface area contributed by atoms with Crippen LogP contribution in [0.1, 0.15) is 34.3 Å². The van der Waals surface area contributed by atoms with Gasteiger partial charge in [0.25, 0.3) is 0 Å². The number of nitrogens with one attached hydrogen (secondary N) is 1. The van der Waals surface area contributed by atoms with E-state index in [1.165, 1.54) is 24.0 Å². The summed E-state index contributed by atoms with van der Waals surface area (Å²) in [5.74, 6) is -0.379. The van der Waals surface area contributed by atoms with Gasteiger partial charge in [0, 0.05) is 24.1 Å². The summed E-state index contributed by atoms with van der Waals surface area (Å²) in [6.07, 6.45) is 2.51. The zero-order chi connectivity index (χ0) is 14.7. The van der Waals surface area contributed by atoms with Gasteiger partial charge in [-0.2, -0.15) is 0 Å². The molecular weight excluding hydrogens is 260 g/mol. The molecule has 0 spiro atoms. The van der Waals surface area contributed by atoms with Crippen molar-refractivity contribution in [1.29, 1.82) is 0 Å². The number of benzene rings is 2. The molecule has 1 fully saturated rings. The van der Waals surface area contributed by atoms with Gasteiger partial charge in [-0.15, -0.1) is 0 Å². The van der Waals surface area contributed by atoms with Gasteiger partial charge in [0.2, 0.25) is 5.91 Å². The molecular formula is C18H20N2O. The Morgan fingerprint density at radius 1 is 1.05 bits per heavy atom. The third-order valence-electron chi connectivity index (χ3n) is 4.27. The maximum absolute atomic E-state index is 11.0. The molecule has 0 bridgehead atoms. The lowest BCUT2D eigenvalue weighted by Gasteiger charge is -2.16. The van der Waals surface area contributed by atoms with E-state index >= 15 is 0 Å². The molecule has 0 aliphatic heterocycles. The lowest BCUT2D eigenvalue weighted by molar-refractivity contribution is 0.100. The molecule has 3 rings (SSSR count). The fourth-order valence-electron chi connectivity index (χ4n) is 2.74. The van der Waals surface area contributed by atoms with Crippen molar-refractivity contribution in [3.05, 3.63) is 71.3 Å². The standard InChI is InChI=1S/C18H20N2O/c19-17(21)15-8-6-14(7-9-15)12-20-13-18(10-11-18)16-4-2-1-3-5-16/h1-9,20H,10-13H2,(H2,19,21). The first kappa shape index (κ1) is 13.8. The Morgan fingerprint density at radius 3 is 2.29 bits per heavy atom. The Kier molecular flexibility index (Phi) is 3.76. The van der Waals surface area contributed by atoms with Crippen molar-refractivity contribution in [3.8, 4) is 0 Å². The van der Waals surface area contributed by atoms with E-state index in [1.807, 2.05) is 12.1 Å². The SMILES string of the molecule is NC(=O)c1ccc(CNCC2(c3ccccc3)CC2)cc1. The van der Waals surface area contributed by atoms with Crippen LogP contribution in [0.5, 0.6) is 0 Å². The summed E-state index contributed by atoms with van der Waals surface area (Å²) in [4.78, 5) is 11.0. The molecule has 0 aromatic heterocycles. The van der Waals surface area contributed by atoms with E-state index in [-0.39, 0.29) is 5.91 Å². The number of nitrogens with two attached hydrogens (primary N) is 1. The van der Waals surface area contributed by atoms with Crippen molar-refractivity contribution >= 4 is 5.91 Å². The topological polar surface area (TPSA) is 55.1 Å². The Hall–Kier alpha value is -2.13. The van der Waals surface area contributed by atoms with Crippen LogP contribution in [0.25, 0.3) is 0 Å². The normalized spacial score (nSPS) is 15.6. The van der Waals surface area contributed by atoms with Gasteiger partial charge in [-0.1, -0.05) is 42.5 Å². The fourth-order valence-corrected chi connectivity index (χ4v) is 2.74. The Bertz CT molecular complexity index is 615.